The molecule has 2 heterocycles. The minimum absolute atomic E-state index is 0.291. The molecule has 22 heavy (non-hydrogen) atoms. The SMILES string of the molecule is Cc1ccc(NC(=O)c2ccc(N3CCCC3)nn2)cc1Cl. The lowest BCUT2D eigenvalue weighted by atomic mass is 10.2. The van der Waals surface area contributed by atoms with Gasteiger partial charge in [0.25, 0.3) is 5.91 Å². The molecule has 1 aromatic heterocycles. The Hall–Kier alpha value is -2.14. The molecule has 0 unspecified atom stereocenters. The molecule has 1 aliphatic rings. The minimum Gasteiger partial charge on any atom is -0.355 e. The molecule has 1 saturated heterocycles. The molecule has 0 bridgehead atoms. The van der Waals surface area contributed by atoms with E-state index in [0.717, 1.165) is 24.5 Å². The number of anilines is 2. The lowest BCUT2D eigenvalue weighted by Gasteiger charge is -2.15. The zero-order chi connectivity index (χ0) is 15.5. The van der Waals surface area contributed by atoms with Crippen LogP contribution in [0.5, 0.6) is 0 Å². The summed E-state index contributed by atoms with van der Waals surface area (Å²) in [6, 6.07) is 8.94. The highest BCUT2D eigenvalue weighted by Gasteiger charge is 2.15. The van der Waals surface area contributed by atoms with Gasteiger partial charge in [-0.2, -0.15) is 0 Å². The van der Waals surface area contributed by atoms with E-state index in [1.165, 1.54) is 12.8 Å². The first kappa shape index (κ1) is 14.8. The quantitative estimate of drug-likeness (QED) is 0.944. The molecule has 1 amide bonds. The molecule has 0 atom stereocenters. The maximum absolute atomic E-state index is 12.2. The van der Waals surface area contributed by atoms with Crippen molar-refractivity contribution in [3.05, 3.63) is 46.6 Å². The maximum Gasteiger partial charge on any atom is 0.276 e. The van der Waals surface area contributed by atoms with Crippen LogP contribution in [-0.2, 0) is 0 Å². The average Bonchev–Trinajstić information content (AvgIpc) is 3.05. The van der Waals surface area contributed by atoms with Gasteiger partial charge in [-0.1, -0.05) is 17.7 Å². The summed E-state index contributed by atoms with van der Waals surface area (Å²) in [6.45, 7) is 3.92. The van der Waals surface area contributed by atoms with Gasteiger partial charge in [-0.25, -0.2) is 0 Å². The summed E-state index contributed by atoms with van der Waals surface area (Å²) in [4.78, 5) is 14.3. The van der Waals surface area contributed by atoms with Crippen molar-refractivity contribution < 1.29 is 4.79 Å². The third kappa shape index (κ3) is 3.20. The fourth-order valence-corrected chi connectivity index (χ4v) is 2.61. The van der Waals surface area contributed by atoms with E-state index in [0.29, 0.717) is 16.4 Å². The summed E-state index contributed by atoms with van der Waals surface area (Å²) in [6.07, 6.45) is 2.36. The summed E-state index contributed by atoms with van der Waals surface area (Å²) in [7, 11) is 0. The van der Waals surface area contributed by atoms with Gasteiger partial charge < -0.3 is 10.2 Å². The number of aromatic nitrogens is 2. The van der Waals surface area contributed by atoms with Gasteiger partial charge in [-0.05, 0) is 49.6 Å². The molecule has 0 radical (unpaired) electrons. The van der Waals surface area contributed by atoms with Crippen molar-refractivity contribution in [2.75, 3.05) is 23.3 Å². The average molecular weight is 317 g/mol. The molecule has 2 aromatic rings. The van der Waals surface area contributed by atoms with Crippen molar-refractivity contribution in [2.45, 2.75) is 19.8 Å². The second-order valence-electron chi connectivity index (χ2n) is 5.39. The Balaban J connectivity index is 1.70. The van der Waals surface area contributed by atoms with Crippen LogP contribution >= 0.6 is 11.6 Å². The van der Waals surface area contributed by atoms with E-state index in [1.807, 2.05) is 25.1 Å². The summed E-state index contributed by atoms with van der Waals surface area (Å²) in [5.41, 5.74) is 1.90. The second-order valence-corrected chi connectivity index (χ2v) is 5.80. The molecule has 0 saturated carbocycles. The van der Waals surface area contributed by atoms with Crippen molar-refractivity contribution in [2.24, 2.45) is 0 Å². The normalized spacial score (nSPS) is 14.2. The van der Waals surface area contributed by atoms with Gasteiger partial charge in [0.05, 0.1) is 0 Å². The fourth-order valence-electron chi connectivity index (χ4n) is 2.43. The predicted molar refractivity (Wildman–Crippen MR) is 87.6 cm³/mol. The van der Waals surface area contributed by atoms with Crippen LogP contribution in [0.15, 0.2) is 30.3 Å². The van der Waals surface area contributed by atoms with Gasteiger partial charge in [-0.3, -0.25) is 4.79 Å². The number of benzene rings is 1. The molecule has 3 rings (SSSR count). The number of hydrogen-bond acceptors (Lipinski definition) is 4. The van der Waals surface area contributed by atoms with Crippen molar-refractivity contribution in [1.82, 2.24) is 10.2 Å². The van der Waals surface area contributed by atoms with Crippen LogP contribution in [0.25, 0.3) is 0 Å². The van der Waals surface area contributed by atoms with Crippen molar-refractivity contribution in [1.29, 1.82) is 0 Å². The van der Waals surface area contributed by atoms with Gasteiger partial charge in [-0.15, -0.1) is 10.2 Å². The molecule has 5 nitrogen and oxygen atoms in total. The highest BCUT2D eigenvalue weighted by atomic mass is 35.5. The van der Waals surface area contributed by atoms with Crippen molar-refractivity contribution >= 4 is 29.0 Å². The van der Waals surface area contributed by atoms with Crippen molar-refractivity contribution in [3.8, 4) is 0 Å². The van der Waals surface area contributed by atoms with Crippen LogP contribution in [-0.4, -0.2) is 29.2 Å². The number of amides is 1. The van der Waals surface area contributed by atoms with Crippen LogP contribution in [0.1, 0.15) is 28.9 Å². The number of aryl methyl sites for hydroxylation is 1. The number of hydrogen-bond donors (Lipinski definition) is 1. The van der Waals surface area contributed by atoms with Gasteiger partial charge in [0.2, 0.25) is 0 Å². The Morgan fingerprint density at radius 2 is 1.95 bits per heavy atom. The molecular formula is C16H17ClN4O. The molecule has 1 fully saturated rings. The maximum atomic E-state index is 12.2. The Morgan fingerprint density at radius 1 is 1.18 bits per heavy atom. The van der Waals surface area contributed by atoms with Crippen molar-refractivity contribution in [3.63, 3.8) is 0 Å². The highest BCUT2D eigenvalue weighted by Crippen LogP contribution is 2.21. The number of rotatable bonds is 3. The highest BCUT2D eigenvalue weighted by molar-refractivity contribution is 6.31. The molecule has 114 valence electrons. The van der Waals surface area contributed by atoms with E-state index in [2.05, 4.69) is 20.4 Å². The second kappa shape index (κ2) is 6.32. The molecule has 0 spiro atoms. The first-order valence-corrected chi connectivity index (χ1v) is 7.67. The molecular weight excluding hydrogens is 300 g/mol. The molecule has 1 aliphatic heterocycles. The molecule has 1 N–H and O–H groups in total. The third-order valence-corrected chi connectivity index (χ3v) is 4.15. The van der Waals surface area contributed by atoms with E-state index in [4.69, 9.17) is 11.6 Å². The Labute approximate surface area is 134 Å². The monoisotopic (exact) mass is 316 g/mol. The minimum atomic E-state index is -0.291. The molecule has 6 heteroatoms. The summed E-state index contributed by atoms with van der Waals surface area (Å²) in [5, 5.41) is 11.6. The number of carbonyl (C=O) groups excluding carboxylic acids is 1. The standard InChI is InChI=1S/C16H17ClN4O/c1-11-4-5-12(10-13(11)17)18-16(22)14-6-7-15(20-19-14)21-8-2-3-9-21/h4-7,10H,2-3,8-9H2,1H3,(H,18,22). The summed E-state index contributed by atoms with van der Waals surface area (Å²) >= 11 is 6.05. The van der Waals surface area contributed by atoms with Crippen LogP contribution in [0, 0.1) is 6.92 Å². The zero-order valence-electron chi connectivity index (χ0n) is 12.3. The zero-order valence-corrected chi connectivity index (χ0v) is 13.1. The lowest BCUT2D eigenvalue weighted by Crippen LogP contribution is -2.21. The number of carbonyl (C=O) groups is 1. The summed E-state index contributed by atoms with van der Waals surface area (Å²) < 4.78 is 0. The van der Waals surface area contributed by atoms with Crippen LogP contribution in [0.4, 0.5) is 11.5 Å². The van der Waals surface area contributed by atoms with E-state index in [9.17, 15) is 4.79 Å². The number of nitrogens with zero attached hydrogens (tertiary/aromatic N) is 3. The van der Waals surface area contributed by atoms with Crippen LogP contribution in [0.3, 0.4) is 0 Å². The fraction of sp³-hybridized carbons (Fsp3) is 0.312. The van der Waals surface area contributed by atoms with E-state index >= 15 is 0 Å². The topological polar surface area (TPSA) is 58.1 Å². The van der Waals surface area contributed by atoms with Crippen LogP contribution in [0.2, 0.25) is 5.02 Å². The first-order chi connectivity index (χ1) is 10.6. The Bertz CT molecular complexity index is 681. The predicted octanol–water partition coefficient (Wildman–Crippen LogP) is 3.29. The Morgan fingerprint density at radius 3 is 2.59 bits per heavy atom. The first-order valence-electron chi connectivity index (χ1n) is 7.30. The smallest absolute Gasteiger partial charge is 0.276 e. The largest absolute Gasteiger partial charge is 0.355 e. The molecule has 1 aromatic carbocycles. The van der Waals surface area contributed by atoms with E-state index in [-0.39, 0.29) is 5.91 Å². The van der Waals surface area contributed by atoms with Gasteiger partial charge in [0.1, 0.15) is 0 Å². The number of nitrogens with one attached hydrogen (secondary N) is 1. The van der Waals surface area contributed by atoms with Gasteiger partial charge in [0.15, 0.2) is 11.5 Å². The number of halogens is 1. The van der Waals surface area contributed by atoms with E-state index in [1.54, 1.807) is 12.1 Å². The van der Waals surface area contributed by atoms with Gasteiger partial charge in [0, 0.05) is 23.8 Å². The van der Waals surface area contributed by atoms with Crippen LogP contribution < -0.4 is 10.2 Å². The Kier molecular flexibility index (Phi) is 4.24. The molecule has 0 aliphatic carbocycles. The summed E-state index contributed by atoms with van der Waals surface area (Å²) in [5.74, 6) is 0.535. The van der Waals surface area contributed by atoms with Gasteiger partial charge >= 0.3 is 0 Å². The lowest BCUT2D eigenvalue weighted by molar-refractivity contribution is 0.102. The third-order valence-electron chi connectivity index (χ3n) is 3.74. The van der Waals surface area contributed by atoms with E-state index < -0.39 is 0 Å².